The van der Waals surface area contributed by atoms with Crippen molar-refractivity contribution in [2.75, 3.05) is 13.2 Å². The highest BCUT2D eigenvalue weighted by Gasteiger charge is 1.89. The molecule has 0 aromatic heterocycles. The van der Waals surface area contributed by atoms with E-state index >= 15 is 0 Å². The molecule has 0 heterocycles. The Morgan fingerprint density at radius 1 is 1.57 bits per heavy atom. The molecule has 0 aromatic rings. The van der Waals surface area contributed by atoms with Crippen molar-refractivity contribution in [3.63, 3.8) is 0 Å². The summed E-state index contributed by atoms with van der Waals surface area (Å²) < 4.78 is 4.95. The van der Waals surface area contributed by atoms with Gasteiger partial charge in [-0.2, -0.15) is 0 Å². The summed E-state index contributed by atoms with van der Waals surface area (Å²) in [5.74, 6) is 1.30. The van der Waals surface area contributed by atoms with E-state index in [2.05, 4.69) is 6.92 Å². The number of rotatable bonds is 3. The van der Waals surface area contributed by atoms with Gasteiger partial charge < -0.3 is 4.74 Å². The van der Waals surface area contributed by atoms with E-state index in [-0.39, 0.29) is 0 Å². The number of ether oxygens (including phenoxy) is 1. The van der Waals surface area contributed by atoms with Gasteiger partial charge in [-0.3, -0.25) is 0 Å². The first-order chi connectivity index (χ1) is 3.27. The fourth-order valence-corrected chi connectivity index (χ4v) is 0.276. The normalized spacial score (nSPS) is 10.3. The van der Waals surface area contributed by atoms with Crippen LogP contribution in [-0.2, 0) is 4.74 Å². The maximum absolute atomic E-state index is 4.95. The zero-order valence-corrected chi connectivity index (χ0v) is 5.03. The van der Waals surface area contributed by atoms with Crippen LogP contribution in [0.15, 0.2) is 0 Å². The third kappa shape index (κ3) is 5.96. The molecule has 1 nitrogen and oxygen atoms in total. The number of hydrogen-bond donors (Lipinski definition) is 0. The van der Waals surface area contributed by atoms with Crippen molar-refractivity contribution in [3.05, 3.63) is 12.8 Å². The monoisotopic (exact) mass is 100 g/mol. The van der Waals surface area contributed by atoms with Crippen molar-refractivity contribution in [2.24, 2.45) is 0 Å². The van der Waals surface area contributed by atoms with Gasteiger partial charge in [0.2, 0.25) is 0 Å². The van der Waals surface area contributed by atoms with E-state index in [4.69, 9.17) is 4.74 Å². The highest BCUT2D eigenvalue weighted by atomic mass is 16.5. The van der Waals surface area contributed by atoms with E-state index in [0.29, 0.717) is 6.61 Å². The first kappa shape index (κ1) is 6.96. The largest absolute Gasteiger partial charge is 0.381 e. The topological polar surface area (TPSA) is 9.23 Å². The van der Waals surface area contributed by atoms with Gasteiger partial charge in [-0.25, -0.2) is 0 Å². The summed E-state index contributed by atoms with van der Waals surface area (Å²) in [6.07, 6.45) is 0. The van der Waals surface area contributed by atoms with Crippen LogP contribution in [0, 0.1) is 12.8 Å². The minimum atomic E-state index is 0.575. The molecule has 0 aliphatic carbocycles. The molecule has 0 unspecified atom stereocenters. The van der Waals surface area contributed by atoms with E-state index in [1.54, 1.807) is 0 Å². The predicted octanol–water partition coefficient (Wildman–Crippen LogP) is 1.45. The molecule has 0 saturated carbocycles. The summed E-state index contributed by atoms with van der Waals surface area (Å²) in [7, 11) is 0. The summed E-state index contributed by atoms with van der Waals surface area (Å²) in [5.41, 5.74) is 0. The van der Waals surface area contributed by atoms with Gasteiger partial charge in [-0.15, -0.1) is 0 Å². The molecular weight excluding hydrogens is 88.1 g/mol. The molecule has 0 N–H and O–H groups in total. The minimum Gasteiger partial charge on any atom is -0.381 e. The lowest BCUT2D eigenvalue weighted by Crippen LogP contribution is -1.98. The molecule has 0 atom stereocenters. The first-order valence-corrected chi connectivity index (χ1v) is 2.43. The Balaban J connectivity index is 2.68. The van der Waals surface area contributed by atoms with Crippen molar-refractivity contribution in [2.45, 2.75) is 13.8 Å². The fraction of sp³-hybridized carbons (Fsp3) is 0.667. The zero-order chi connectivity index (χ0) is 5.70. The van der Waals surface area contributed by atoms with Gasteiger partial charge in [0.05, 0.1) is 6.61 Å². The Labute approximate surface area is 45.7 Å². The van der Waals surface area contributed by atoms with Crippen LogP contribution in [0.3, 0.4) is 0 Å². The van der Waals surface area contributed by atoms with Gasteiger partial charge >= 0.3 is 0 Å². The predicted molar refractivity (Wildman–Crippen MR) is 30.8 cm³/mol. The molecule has 0 spiro atoms. The molecule has 0 amide bonds. The highest BCUT2D eigenvalue weighted by Crippen LogP contribution is 1.93. The smallest absolute Gasteiger partial charge is 0.0523 e. The van der Waals surface area contributed by atoms with Gasteiger partial charge in [0.15, 0.2) is 0 Å². The lowest BCUT2D eigenvalue weighted by molar-refractivity contribution is 0.172. The maximum atomic E-state index is 4.95. The molecular formula is C6H12O. The zero-order valence-electron chi connectivity index (χ0n) is 5.03. The van der Waals surface area contributed by atoms with Gasteiger partial charge in [0, 0.05) is 6.61 Å². The second kappa shape index (κ2) is 4.13. The molecule has 7 heavy (non-hydrogen) atoms. The first-order valence-electron chi connectivity index (χ1n) is 2.43. The second-order valence-electron chi connectivity index (χ2n) is 1.76. The van der Waals surface area contributed by atoms with Crippen LogP contribution >= 0.6 is 0 Å². The quantitative estimate of drug-likeness (QED) is 0.521. The summed E-state index contributed by atoms with van der Waals surface area (Å²) >= 11 is 0. The SMILES string of the molecule is [CH2]COC[C](C)C. The Morgan fingerprint density at radius 3 is 2.29 bits per heavy atom. The van der Waals surface area contributed by atoms with Gasteiger partial charge in [-0.05, 0) is 12.8 Å². The van der Waals surface area contributed by atoms with Gasteiger partial charge in [0.25, 0.3) is 0 Å². The third-order valence-electron chi connectivity index (χ3n) is 0.535. The van der Waals surface area contributed by atoms with Crippen molar-refractivity contribution in [3.8, 4) is 0 Å². The summed E-state index contributed by atoms with van der Waals surface area (Å²) in [6, 6.07) is 0. The third-order valence-corrected chi connectivity index (χ3v) is 0.535. The Kier molecular flexibility index (Phi) is 4.10. The Hall–Kier alpha value is -0.0400. The molecule has 0 rings (SSSR count). The molecule has 0 saturated heterocycles. The standard InChI is InChI=1S/C6H12O/c1-4-7-5-6(2)3/h1,4-5H2,2-3H3. The summed E-state index contributed by atoms with van der Waals surface area (Å²) in [5, 5.41) is 0. The highest BCUT2D eigenvalue weighted by molar-refractivity contribution is 4.75. The van der Waals surface area contributed by atoms with Crippen molar-refractivity contribution < 1.29 is 4.74 Å². The Morgan fingerprint density at radius 2 is 2.14 bits per heavy atom. The number of hydrogen-bond acceptors (Lipinski definition) is 1. The van der Waals surface area contributed by atoms with Crippen LogP contribution in [0.5, 0.6) is 0 Å². The van der Waals surface area contributed by atoms with Crippen LogP contribution in [0.1, 0.15) is 13.8 Å². The van der Waals surface area contributed by atoms with Crippen LogP contribution in [0.4, 0.5) is 0 Å². The molecule has 0 aliphatic rings. The minimum absolute atomic E-state index is 0.575. The molecule has 1 heteroatoms. The lowest BCUT2D eigenvalue weighted by Gasteiger charge is -2.00. The van der Waals surface area contributed by atoms with Crippen LogP contribution < -0.4 is 0 Å². The van der Waals surface area contributed by atoms with Crippen molar-refractivity contribution >= 4 is 0 Å². The summed E-state index contributed by atoms with van der Waals surface area (Å²) in [4.78, 5) is 0. The maximum Gasteiger partial charge on any atom is 0.0523 e. The van der Waals surface area contributed by atoms with E-state index in [1.807, 2.05) is 13.8 Å². The van der Waals surface area contributed by atoms with E-state index in [1.165, 1.54) is 5.92 Å². The van der Waals surface area contributed by atoms with Crippen molar-refractivity contribution in [1.82, 2.24) is 0 Å². The van der Waals surface area contributed by atoms with Gasteiger partial charge in [-0.1, -0.05) is 13.8 Å². The van der Waals surface area contributed by atoms with E-state index in [0.717, 1.165) is 6.61 Å². The fourth-order valence-electron chi connectivity index (χ4n) is 0.276. The lowest BCUT2D eigenvalue weighted by atomic mass is 10.2. The molecule has 0 fully saturated rings. The molecule has 0 aliphatic heterocycles. The van der Waals surface area contributed by atoms with E-state index < -0.39 is 0 Å². The second-order valence-corrected chi connectivity index (χ2v) is 1.76. The molecule has 2 radical (unpaired) electrons. The van der Waals surface area contributed by atoms with Crippen LogP contribution in [0.25, 0.3) is 0 Å². The Bertz CT molecular complexity index is 33.2. The van der Waals surface area contributed by atoms with Crippen LogP contribution in [-0.4, -0.2) is 13.2 Å². The van der Waals surface area contributed by atoms with E-state index in [9.17, 15) is 0 Å². The van der Waals surface area contributed by atoms with Crippen molar-refractivity contribution in [1.29, 1.82) is 0 Å². The molecule has 0 bridgehead atoms. The van der Waals surface area contributed by atoms with Crippen LogP contribution in [0.2, 0.25) is 0 Å². The molecule has 0 aromatic carbocycles. The average Bonchev–Trinajstić information content (AvgIpc) is 1.61. The van der Waals surface area contributed by atoms with Gasteiger partial charge in [0.1, 0.15) is 0 Å². The average molecular weight is 100 g/mol. The molecule has 42 valence electrons. The summed E-state index contributed by atoms with van der Waals surface area (Å²) in [6.45, 7) is 8.92.